The monoisotopic (exact) mass is 304 g/mol. The first-order chi connectivity index (χ1) is 10.2. The van der Waals surface area contributed by atoms with Gasteiger partial charge in [-0.05, 0) is 37.9 Å². The van der Waals surface area contributed by atoms with Crippen LogP contribution in [0.15, 0.2) is 29.4 Å². The highest BCUT2D eigenvalue weighted by atomic mass is 32.2. The molecule has 2 heterocycles. The van der Waals surface area contributed by atoms with Gasteiger partial charge in [0.05, 0.1) is 22.2 Å². The van der Waals surface area contributed by atoms with Gasteiger partial charge in [0.1, 0.15) is 5.03 Å². The van der Waals surface area contributed by atoms with E-state index in [2.05, 4.69) is 15.3 Å². The van der Waals surface area contributed by atoms with Crippen LogP contribution in [0, 0.1) is 16.0 Å². The number of benzene rings is 1. The summed E-state index contributed by atoms with van der Waals surface area (Å²) in [6.45, 7) is 2.19. The van der Waals surface area contributed by atoms with Crippen LogP contribution in [-0.2, 0) is 0 Å². The van der Waals surface area contributed by atoms with E-state index < -0.39 is 4.92 Å². The topological polar surface area (TPSA) is 81.0 Å². The Morgan fingerprint density at radius 1 is 1.43 bits per heavy atom. The zero-order valence-corrected chi connectivity index (χ0v) is 12.3. The molecule has 2 aromatic rings. The third kappa shape index (κ3) is 3.48. The van der Waals surface area contributed by atoms with Crippen LogP contribution in [0.5, 0.6) is 0 Å². The number of nitro groups is 1. The summed E-state index contributed by atoms with van der Waals surface area (Å²) in [5, 5.41) is 15.0. The van der Waals surface area contributed by atoms with Gasteiger partial charge in [0.2, 0.25) is 0 Å². The molecule has 0 unspecified atom stereocenters. The second-order valence-electron chi connectivity index (χ2n) is 5.16. The molecule has 110 valence electrons. The van der Waals surface area contributed by atoms with Gasteiger partial charge in [0, 0.05) is 17.9 Å². The molecule has 0 aliphatic carbocycles. The lowest BCUT2D eigenvalue weighted by molar-refractivity contribution is -0.384. The van der Waals surface area contributed by atoms with Crippen molar-refractivity contribution in [2.24, 2.45) is 5.92 Å². The van der Waals surface area contributed by atoms with Gasteiger partial charge in [0.15, 0.2) is 0 Å². The lowest BCUT2D eigenvalue weighted by Crippen LogP contribution is -2.30. The number of non-ortho nitro benzene ring substituents is 1. The van der Waals surface area contributed by atoms with Crippen LogP contribution in [0.25, 0.3) is 11.0 Å². The van der Waals surface area contributed by atoms with Gasteiger partial charge in [-0.1, -0.05) is 0 Å². The molecular weight excluding hydrogens is 288 g/mol. The quantitative estimate of drug-likeness (QED) is 0.531. The highest BCUT2D eigenvalue weighted by Crippen LogP contribution is 2.24. The molecule has 0 saturated carbocycles. The van der Waals surface area contributed by atoms with Crippen LogP contribution in [0.3, 0.4) is 0 Å². The minimum Gasteiger partial charge on any atom is -0.316 e. The maximum absolute atomic E-state index is 10.7. The highest BCUT2D eigenvalue weighted by molar-refractivity contribution is 7.99. The molecule has 21 heavy (non-hydrogen) atoms. The van der Waals surface area contributed by atoms with Crippen molar-refractivity contribution in [2.75, 3.05) is 18.8 Å². The molecule has 1 N–H and O–H groups in total. The Balaban J connectivity index is 1.71. The first-order valence-corrected chi connectivity index (χ1v) is 7.95. The Morgan fingerprint density at radius 2 is 2.33 bits per heavy atom. The van der Waals surface area contributed by atoms with Crippen LogP contribution in [-0.4, -0.2) is 33.7 Å². The molecule has 1 aromatic carbocycles. The lowest BCUT2D eigenvalue weighted by Gasteiger charge is -2.21. The Kier molecular flexibility index (Phi) is 4.31. The molecule has 1 atom stereocenters. The van der Waals surface area contributed by atoms with Gasteiger partial charge in [-0.15, -0.1) is 11.8 Å². The molecular formula is C14H16N4O2S. The molecule has 0 bridgehead atoms. The number of hydrogen-bond donors (Lipinski definition) is 1. The van der Waals surface area contributed by atoms with E-state index in [0.29, 0.717) is 17.0 Å². The van der Waals surface area contributed by atoms with Crippen molar-refractivity contribution in [2.45, 2.75) is 17.9 Å². The summed E-state index contributed by atoms with van der Waals surface area (Å²) in [7, 11) is 0. The smallest absolute Gasteiger partial charge is 0.271 e. The third-order valence-electron chi connectivity index (χ3n) is 3.58. The molecule has 1 saturated heterocycles. The molecule has 0 amide bonds. The maximum Gasteiger partial charge on any atom is 0.271 e. The van der Waals surface area contributed by atoms with Crippen molar-refractivity contribution in [3.05, 3.63) is 34.5 Å². The molecule has 6 nitrogen and oxygen atoms in total. The Labute approximate surface area is 126 Å². The standard InChI is InChI=1S/C14H16N4O2S/c19-18(20)11-3-4-12-13(6-11)16-8-14(17-12)21-9-10-2-1-5-15-7-10/h3-4,6,8,10,15H,1-2,5,7,9H2/t10-/m1/s1. The Hall–Kier alpha value is -1.73. The average Bonchev–Trinajstić information content (AvgIpc) is 2.53. The van der Waals surface area contributed by atoms with Crippen molar-refractivity contribution < 1.29 is 4.92 Å². The van der Waals surface area contributed by atoms with E-state index in [1.165, 1.54) is 25.0 Å². The van der Waals surface area contributed by atoms with Gasteiger partial charge in [-0.3, -0.25) is 15.1 Å². The fourth-order valence-corrected chi connectivity index (χ4v) is 3.42. The molecule has 1 aliphatic rings. The minimum absolute atomic E-state index is 0.0467. The maximum atomic E-state index is 10.7. The fraction of sp³-hybridized carbons (Fsp3) is 0.429. The molecule has 0 radical (unpaired) electrons. The second kappa shape index (κ2) is 6.36. The summed E-state index contributed by atoms with van der Waals surface area (Å²) in [4.78, 5) is 19.1. The van der Waals surface area contributed by atoms with Crippen LogP contribution in [0.2, 0.25) is 0 Å². The second-order valence-corrected chi connectivity index (χ2v) is 6.20. The lowest BCUT2D eigenvalue weighted by atomic mass is 10.0. The number of rotatable bonds is 4. The van der Waals surface area contributed by atoms with Crippen LogP contribution in [0.4, 0.5) is 5.69 Å². The minimum atomic E-state index is -0.417. The van der Waals surface area contributed by atoms with Crippen molar-refractivity contribution in [3.8, 4) is 0 Å². The molecule has 1 aromatic heterocycles. The molecule has 0 spiro atoms. The summed E-state index contributed by atoms with van der Waals surface area (Å²) < 4.78 is 0. The number of nitrogens with zero attached hydrogens (tertiary/aromatic N) is 3. The van der Waals surface area contributed by atoms with Crippen molar-refractivity contribution >= 4 is 28.5 Å². The van der Waals surface area contributed by atoms with Gasteiger partial charge in [-0.2, -0.15) is 0 Å². The molecule has 3 rings (SSSR count). The van der Waals surface area contributed by atoms with E-state index in [-0.39, 0.29) is 5.69 Å². The van der Waals surface area contributed by atoms with E-state index in [4.69, 9.17) is 0 Å². The Morgan fingerprint density at radius 3 is 3.10 bits per heavy atom. The SMILES string of the molecule is O=[N+]([O-])c1ccc2nc(SC[C@@H]3CCCNC3)cnc2c1. The number of piperidine rings is 1. The first kappa shape index (κ1) is 14.2. The molecule has 1 aliphatic heterocycles. The van der Waals surface area contributed by atoms with Crippen LogP contribution >= 0.6 is 11.8 Å². The van der Waals surface area contributed by atoms with Crippen molar-refractivity contribution in [1.29, 1.82) is 0 Å². The average molecular weight is 304 g/mol. The Bertz CT molecular complexity index is 658. The van der Waals surface area contributed by atoms with E-state index in [1.54, 1.807) is 24.0 Å². The van der Waals surface area contributed by atoms with Gasteiger partial charge < -0.3 is 5.32 Å². The van der Waals surface area contributed by atoms with Crippen molar-refractivity contribution in [3.63, 3.8) is 0 Å². The van der Waals surface area contributed by atoms with Gasteiger partial charge in [-0.25, -0.2) is 4.98 Å². The number of aromatic nitrogens is 2. The summed E-state index contributed by atoms with van der Waals surface area (Å²) in [5.41, 5.74) is 1.31. The summed E-state index contributed by atoms with van der Waals surface area (Å²) >= 11 is 1.70. The molecule has 1 fully saturated rings. The van der Waals surface area contributed by atoms with Gasteiger partial charge in [0.25, 0.3) is 5.69 Å². The summed E-state index contributed by atoms with van der Waals surface area (Å²) in [6.07, 6.45) is 4.19. The largest absolute Gasteiger partial charge is 0.316 e. The first-order valence-electron chi connectivity index (χ1n) is 6.97. The zero-order chi connectivity index (χ0) is 14.7. The number of hydrogen-bond acceptors (Lipinski definition) is 6. The number of fused-ring (bicyclic) bond motifs is 1. The van der Waals surface area contributed by atoms with Crippen LogP contribution < -0.4 is 5.32 Å². The summed E-state index contributed by atoms with van der Waals surface area (Å²) in [6, 6.07) is 4.59. The van der Waals surface area contributed by atoms with E-state index in [1.807, 2.05) is 0 Å². The zero-order valence-electron chi connectivity index (χ0n) is 11.5. The third-order valence-corrected chi connectivity index (χ3v) is 4.71. The van der Waals surface area contributed by atoms with Crippen molar-refractivity contribution in [1.82, 2.24) is 15.3 Å². The van der Waals surface area contributed by atoms with E-state index >= 15 is 0 Å². The number of thioether (sulfide) groups is 1. The van der Waals surface area contributed by atoms with Crippen LogP contribution in [0.1, 0.15) is 12.8 Å². The summed E-state index contributed by atoms with van der Waals surface area (Å²) in [5.74, 6) is 1.71. The number of nitrogens with one attached hydrogen (secondary N) is 1. The van der Waals surface area contributed by atoms with Gasteiger partial charge >= 0.3 is 0 Å². The number of nitro benzene ring substituents is 1. The molecule has 7 heteroatoms. The predicted molar refractivity (Wildman–Crippen MR) is 82.5 cm³/mol. The predicted octanol–water partition coefficient (Wildman–Crippen LogP) is 2.63. The van der Waals surface area contributed by atoms with E-state index in [0.717, 1.165) is 23.9 Å². The highest BCUT2D eigenvalue weighted by Gasteiger charge is 2.14. The fourth-order valence-electron chi connectivity index (χ4n) is 2.43. The van der Waals surface area contributed by atoms with E-state index in [9.17, 15) is 10.1 Å². The normalized spacial score (nSPS) is 18.8.